The summed E-state index contributed by atoms with van der Waals surface area (Å²) in [4.78, 5) is 10.7. The van der Waals surface area contributed by atoms with Gasteiger partial charge in [0.2, 0.25) is 0 Å². The molecule has 0 saturated heterocycles. The average Bonchev–Trinajstić information content (AvgIpc) is 2.88. The van der Waals surface area contributed by atoms with E-state index in [1.807, 2.05) is 13.8 Å². The highest BCUT2D eigenvalue weighted by atomic mass is 32.1. The van der Waals surface area contributed by atoms with Crippen LogP contribution < -0.4 is 10.1 Å². The van der Waals surface area contributed by atoms with E-state index in [4.69, 9.17) is 0 Å². The number of nitrogens with one attached hydrogen (secondary N) is 1. The molecule has 2 aromatic heterocycles. The molecule has 1 aromatic carbocycles. The number of alkyl halides is 2. The molecule has 1 unspecified atom stereocenters. The van der Waals surface area contributed by atoms with Gasteiger partial charge < -0.3 is 10.1 Å². The van der Waals surface area contributed by atoms with Gasteiger partial charge >= 0.3 is 6.61 Å². The highest BCUT2D eigenvalue weighted by Gasteiger charge is 2.12. The molecule has 1 N–H and O–H groups in total. The van der Waals surface area contributed by atoms with Gasteiger partial charge in [-0.25, -0.2) is 9.97 Å². The summed E-state index contributed by atoms with van der Waals surface area (Å²) in [6.45, 7) is 1.20. The maximum Gasteiger partial charge on any atom is 0.387 e. The minimum absolute atomic E-state index is 0.0334. The highest BCUT2D eigenvalue weighted by molar-refractivity contribution is 7.18. The van der Waals surface area contributed by atoms with Gasteiger partial charge in [-0.05, 0) is 37.6 Å². The third-order valence-corrected chi connectivity index (χ3v) is 4.37. The Hall–Kier alpha value is -2.28. The molecule has 7 heteroatoms. The maximum absolute atomic E-state index is 12.2. The van der Waals surface area contributed by atoms with Crippen molar-refractivity contribution in [1.29, 1.82) is 0 Å². The number of halogens is 2. The van der Waals surface area contributed by atoms with Crippen LogP contribution in [0.25, 0.3) is 10.2 Å². The lowest BCUT2D eigenvalue weighted by Crippen LogP contribution is -2.08. The fraction of sp³-hybridized carbons (Fsp3) is 0.250. The van der Waals surface area contributed by atoms with E-state index >= 15 is 0 Å². The first-order valence-electron chi connectivity index (χ1n) is 7.05. The molecule has 0 aliphatic heterocycles. The van der Waals surface area contributed by atoms with E-state index in [1.54, 1.807) is 23.5 Å². The highest BCUT2D eigenvalue weighted by Crippen LogP contribution is 2.30. The zero-order valence-corrected chi connectivity index (χ0v) is 13.4. The van der Waals surface area contributed by atoms with Crippen LogP contribution in [0.3, 0.4) is 0 Å². The predicted molar refractivity (Wildman–Crippen MR) is 87.3 cm³/mol. The van der Waals surface area contributed by atoms with Crippen LogP contribution in [0.1, 0.15) is 23.4 Å². The lowest BCUT2D eigenvalue weighted by Gasteiger charge is -2.16. The van der Waals surface area contributed by atoms with Crippen LogP contribution in [-0.2, 0) is 0 Å². The molecule has 23 heavy (non-hydrogen) atoms. The van der Waals surface area contributed by atoms with Crippen molar-refractivity contribution in [2.45, 2.75) is 26.5 Å². The van der Waals surface area contributed by atoms with E-state index < -0.39 is 6.61 Å². The summed E-state index contributed by atoms with van der Waals surface area (Å²) >= 11 is 1.62. The summed E-state index contributed by atoms with van der Waals surface area (Å²) in [5.74, 6) is 0.911. The maximum atomic E-state index is 12.2. The smallest absolute Gasteiger partial charge is 0.387 e. The topological polar surface area (TPSA) is 47.0 Å². The number of benzene rings is 1. The van der Waals surface area contributed by atoms with Crippen molar-refractivity contribution in [3.63, 3.8) is 0 Å². The molecule has 3 aromatic rings. The van der Waals surface area contributed by atoms with E-state index in [0.717, 1.165) is 21.6 Å². The van der Waals surface area contributed by atoms with E-state index in [0.29, 0.717) is 0 Å². The molecule has 0 amide bonds. The molecular formula is C16H15F2N3OS. The zero-order valence-electron chi connectivity index (χ0n) is 12.6. The average molecular weight is 335 g/mol. The molecule has 0 bridgehead atoms. The van der Waals surface area contributed by atoms with Crippen molar-refractivity contribution >= 4 is 27.4 Å². The summed E-state index contributed by atoms with van der Waals surface area (Å²) < 4.78 is 28.7. The van der Waals surface area contributed by atoms with Crippen molar-refractivity contribution in [3.8, 4) is 5.75 Å². The van der Waals surface area contributed by atoms with Crippen molar-refractivity contribution in [2.24, 2.45) is 0 Å². The zero-order chi connectivity index (χ0) is 16.4. The molecule has 0 spiro atoms. The van der Waals surface area contributed by atoms with Crippen molar-refractivity contribution in [2.75, 3.05) is 5.32 Å². The molecule has 4 nitrogen and oxygen atoms in total. The van der Waals surface area contributed by atoms with Crippen LogP contribution in [-0.4, -0.2) is 16.6 Å². The molecule has 3 rings (SSSR count). The number of nitrogens with zero attached hydrogens (tertiary/aromatic N) is 2. The Morgan fingerprint density at radius 3 is 2.61 bits per heavy atom. The Labute approximate surface area is 136 Å². The second-order valence-electron chi connectivity index (χ2n) is 5.11. The van der Waals surface area contributed by atoms with Gasteiger partial charge in [0.25, 0.3) is 0 Å². The Kier molecular flexibility index (Phi) is 4.38. The monoisotopic (exact) mass is 335 g/mol. The molecule has 0 aliphatic carbocycles. The number of ether oxygens (including phenoxy) is 1. The number of hydrogen-bond acceptors (Lipinski definition) is 5. The van der Waals surface area contributed by atoms with Gasteiger partial charge in [0, 0.05) is 10.9 Å². The Morgan fingerprint density at radius 1 is 1.17 bits per heavy atom. The number of hydrogen-bond donors (Lipinski definition) is 1. The second-order valence-corrected chi connectivity index (χ2v) is 6.35. The van der Waals surface area contributed by atoms with Gasteiger partial charge in [-0.3, -0.25) is 0 Å². The first-order valence-corrected chi connectivity index (χ1v) is 7.87. The van der Waals surface area contributed by atoms with E-state index in [1.165, 1.54) is 23.3 Å². The number of aryl methyl sites for hydroxylation is 1. The van der Waals surface area contributed by atoms with Crippen LogP contribution in [0.15, 0.2) is 36.7 Å². The Bertz CT molecular complexity index is 805. The fourth-order valence-corrected chi connectivity index (χ4v) is 3.16. The normalized spacial score (nSPS) is 12.6. The standard InChI is InChI=1S/C16H15F2N3OS/c1-9-7-13-14(19-8-20-15(13)23-9)21-10(2)11-3-5-12(6-4-11)22-16(17)18/h3-8,10,16H,1-2H3,(H,19,20,21). The van der Waals surface area contributed by atoms with Gasteiger partial charge in [0.05, 0.1) is 5.39 Å². The first kappa shape index (κ1) is 15.6. The third kappa shape index (κ3) is 3.56. The quantitative estimate of drug-likeness (QED) is 0.729. The largest absolute Gasteiger partial charge is 0.435 e. The molecule has 0 saturated carbocycles. The molecule has 1 atom stereocenters. The molecule has 0 aliphatic rings. The number of thiophene rings is 1. The van der Waals surface area contributed by atoms with Crippen molar-refractivity contribution in [3.05, 3.63) is 47.1 Å². The van der Waals surface area contributed by atoms with Gasteiger partial charge in [-0.2, -0.15) is 8.78 Å². The van der Waals surface area contributed by atoms with E-state index in [2.05, 4.69) is 26.1 Å². The Balaban J connectivity index is 1.79. The molecule has 0 fully saturated rings. The van der Waals surface area contributed by atoms with Gasteiger partial charge in [-0.1, -0.05) is 12.1 Å². The summed E-state index contributed by atoms with van der Waals surface area (Å²) in [6, 6.07) is 8.59. The Morgan fingerprint density at radius 2 is 1.91 bits per heavy atom. The van der Waals surface area contributed by atoms with Crippen LogP contribution >= 0.6 is 11.3 Å². The predicted octanol–water partition coefficient (Wildman–Crippen LogP) is 4.77. The summed E-state index contributed by atoms with van der Waals surface area (Å²) in [5.41, 5.74) is 0.949. The second kappa shape index (κ2) is 6.45. The minimum atomic E-state index is -2.81. The van der Waals surface area contributed by atoms with Crippen LogP contribution in [0.4, 0.5) is 14.6 Å². The number of anilines is 1. The van der Waals surface area contributed by atoms with Gasteiger partial charge in [-0.15, -0.1) is 11.3 Å². The van der Waals surface area contributed by atoms with Crippen molar-refractivity contribution in [1.82, 2.24) is 9.97 Å². The molecule has 2 heterocycles. The van der Waals surface area contributed by atoms with E-state index in [9.17, 15) is 8.78 Å². The molecule has 120 valence electrons. The summed E-state index contributed by atoms with van der Waals surface area (Å²) in [7, 11) is 0. The number of rotatable bonds is 5. The van der Waals surface area contributed by atoms with E-state index in [-0.39, 0.29) is 11.8 Å². The van der Waals surface area contributed by atoms with Crippen LogP contribution in [0.5, 0.6) is 5.75 Å². The first-order chi connectivity index (χ1) is 11.0. The SMILES string of the molecule is Cc1cc2c(NC(C)c3ccc(OC(F)F)cc3)ncnc2s1. The fourth-order valence-electron chi connectivity index (χ4n) is 2.32. The minimum Gasteiger partial charge on any atom is -0.435 e. The lowest BCUT2D eigenvalue weighted by atomic mass is 10.1. The lowest BCUT2D eigenvalue weighted by molar-refractivity contribution is -0.0498. The van der Waals surface area contributed by atoms with Gasteiger partial charge in [0.1, 0.15) is 22.7 Å². The number of fused-ring (bicyclic) bond motifs is 1. The third-order valence-electron chi connectivity index (χ3n) is 3.41. The molecule has 0 radical (unpaired) electrons. The summed E-state index contributed by atoms with van der Waals surface area (Å²) in [5, 5.41) is 4.33. The van der Waals surface area contributed by atoms with Crippen LogP contribution in [0, 0.1) is 6.92 Å². The van der Waals surface area contributed by atoms with Crippen LogP contribution in [0.2, 0.25) is 0 Å². The number of aromatic nitrogens is 2. The van der Waals surface area contributed by atoms with Crippen molar-refractivity contribution < 1.29 is 13.5 Å². The molecular weight excluding hydrogens is 320 g/mol. The van der Waals surface area contributed by atoms with Gasteiger partial charge in [0.15, 0.2) is 0 Å². The summed E-state index contributed by atoms with van der Waals surface area (Å²) in [6.07, 6.45) is 1.53.